The lowest BCUT2D eigenvalue weighted by Crippen LogP contribution is -2.47. The van der Waals surface area contributed by atoms with Crippen molar-refractivity contribution in [1.29, 1.82) is 0 Å². The largest absolute Gasteiger partial charge is 0.468 e. The van der Waals surface area contributed by atoms with Crippen molar-refractivity contribution in [3.63, 3.8) is 0 Å². The summed E-state index contributed by atoms with van der Waals surface area (Å²) in [5.41, 5.74) is 0.328. The molecule has 4 heterocycles. The zero-order valence-electron chi connectivity index (χ0n) is 13.3. The van der Waals surface area contributed by atoms with Crippen LogP contribution in [0.3, 0.4) is 0 Å². The van der Waals surface area contributed by atoms with Crippen LogP contribution in [0.2, 0.25) is 0 Å². The SMILES string of the molecule is O=C(N[C@H]1CN(Cc2ccco2)[C@@H]2CCCO[C@H]12)c1cnccn1. The van der Waals surface area contributed by atoms with Crippen LogP contribution in [0.5, 0.6) is 0 Å². The fourth-order valence-corrected chi connectivity index (χ4v) is 3.62. The molecule has 0 spiro atoms. The molecule has 4 rings (SSSR count). The summed E-state index contributed by atoms with van der Waals surface area (Å²) in [4.78, 5) is 22.7. The molecule has 2 aliphatic rings. The number of aromatic nitrogens is 2. The monoisotopic (exact) mass is 328 g/mol. The molecule has 1 N–H and O–H groups in total. The third-order valence-corrected chi connectivity index (χ3v) is 4.68. The maximum atomic E-state index is 12.4. The minimum Gasteiger partial charge on any atom is -0.468 e. The average molecular weight is 328 g/mol. The van der Waals surface area contributed by atoms with E-state index in [0.717, 1.165) is 38.3 Å². The van der Waals surface area contributed by atoms with Gasteiger partial charge >= 0.3 is 0 Å². The highest BCUT2D eigenvalue weighted by Gasteiger charge is 2.44. The number of amides is 1. The number of hydrogen-bond acceptors (Lipinski definition) is 6. The van der Waals surface area contributed by atoms with Crippen molar-refractivity contribution in [3.05, 3.63) is 48.4 Å². The Bertz CT molecular complexity index is 676. The summed E-state index contributed by atoms with van der Waals surface area (Å²) in [5, 5.41) is 3.07. The first-order valence-electron chi connectivity index (χ1n) is 8.26. The molecule has 1 amide bonds. The molecule has 0 saturated carbocycles. The number of rotatable bonds is 4. The van der Waals surface area contributed by atoms with Crippen LogP contribution in [0.25, 0.3) is 0 Å². The molecule has 0 unspecified atom stereocenters. The van der Waals surface area contributed by atoms with Gasteiger partial charge in [0.2, 0.25) is 0 Å². The number of fused-ring (bicyclic) bond motifs is 1. The Kier molecular flexibility index (Phi) is 4.27. The maximum absolute atomic E-state index is 12.4. The van der Waals surface area contributed by atoms with Gasteiger partial charge in [-0.25, -0.2) is 4.98 Å². The lowest BCUT2D eigenvalue weighted by Gasteiger charge is -2.32. The van der Waals surface area contributed by atoms with Crippen LogP contribution in [-0.2, 0) is 11.3 Å². The summed E-state index contributed by atoms with van der Waals surface area (Å²) in [5.74, 6) is 0.723. The zero-order chi connectivity index (χ0) is 16.4. The molecule has 2 saturated heterocycles. The zero-order valence-corrected chi connectivity index (χ0v) is 13.3. The van der Waals surface area contributed by atoms with Gasteiger partial charge in [0.15, 0.2) is 0 Å². The van der Waals surface area contributed by atoms with Crippen LogP contribution in [0.4, 0.5) is 0 Å². The topological polar surface area (TPSA) is 80.5 Å². The Hall–Kier alpha value is -2.25. The van der Waals surface area contributed by atoms with E-state index >= 15 is 0 Å². The normalized spacial score (nSPS) is 26.9. The van der Waals surface area contributed by atoms with Gasteiger partial charge in [0.25, 0.3) is 5.91 Å². The fourth-order valence-electron chi connectivity index (χ4n) is 3.62. The second kappa shape index (κ2) is 6.70. The molecule has 7 nitrogen and oxygen atoms in total. The summed E-state index contributed by atoms with van der Waals surface area (Å²) in [6.45, 7) is 2.21. The standard InChI is InChI=1S/C17H20N4O3/c22-17(13-9-18-5-6-19-13)20-14-11-21(10-12-3-1-7-23-12)15-4-2-8-24-16(14)15/h1,3,5-7,9,14-16H,2,4,8,10-11H2,(H,20,22)/t14-,15+,16+/m0/s1. The van der Waals surface area contributed by atoms with E-state index in [2.05, 4.69) is 20.2 Å². The number of hydrogen-bond donors (Lipinski definition) is 1. The van der Waals surface area contributed by atoms with Crippen molar-refractivity contribution in [2.45, 2.75) is 37.6 Å². The van der Waals surface area contributed by atoms with E-state index in [1.807, 2.05) is 12.1 Å². The van der Waals surface area contributed by atoms with Crippen LogP contribution in [0.15, 0.2) is 41.4 Å². The summed E-state index contributed by atoms with van der Waals surface area (Å²) >= 11 is 0. The minimum absolute atomic E-state index is 0.00864. The fraction of sp³-hybridized carbons (Fsp3) is 0.471. The number of carbonyl (C=O) groups excluding carboxylic acids is 1. The summed E-state index contributed by atoms with van der Waals surface area (Å²) in [6.07, 6.45) is 8.36. The first-order valence-corrected chi connectivity index (χ1v) is 8.26. The predicted octanol–water partition coefficient (Wildman–Crippen LogP) is 1.23. The molecule has 0 aromatic carbocycles. The summed E-state index contributed by atoms with van der Waals surface area (Å²) < 4.78 is 11.5. The second-order valence-corrected chi connectivity index (χ2v) is 6.22. The molecule has 3 atom stereocenters. The Labute approximate surface area is 140 Å². The van der Waals surface area contributed by atoms with Gasteiger partial charge in [-0.2, -0.15) is 0 Å². The molecule has 0 aliphatic carbocycles. The molecular formula is C17H20N4O3. The quantitative estimate of drug-likeness (QED) is 0.909. The first-order chi connectivity index (χ1) is 11.8. The van der Waals surface area contributed by atoms with Crippen molar-refractivity contribution in [2.24, 2.45) is 0 Å². The van der Waals surface area contributed by atoms with Crippen molar-refractivity contribution >= 4 is 5.91 Å². The van der Waals surface area contributed by atoms with E-state index in [4.69, 9.17) is 9.15 Å². The van der Waals surface area contributed by atoms with E-state index in [9.17, 15) is 4.79 Å². The molecule has 0 radical (unpaired) electrons. The van der Waals surface area contributed by atoms with Crippen LogP contribution in [0.1, 0.15) is 29.1 Å². The number of nitrogens with one attached hydrogen (secondary N) is 1. The molecule has 24 heavy (non-hydrogen) atoms. The highest BCUT2D eigenvalue weighted by molar-refractivity contribution is 5.92. The number of carbonyl (C=O) groups is 1. The predicted molar refractivity (Wildman–Crippen MR) is 85.2 cm³/mol. The van der Waals surface area contributed by atoms with Gasteiger partial charge in [-0.05, 0) is 25.0 Å². The molecule has 2 aliphatic heterocycles. The van der Waals surface area contributed by atoms with Gasteiger partial charge in [0.05, 0.1) is 31.2 Å². The smallest absolute Gasteiger partial charge is 0.271 e. The number of nitrogens with zero attached hydrogens (tertiary/aromatic N) is 3. The lowest BCUT2D eigenvalue weighted by molar-refractivity contribution is -0.0219. The van der Waals surface area contributed by atoms with E-state index in [-0.39, 0.29) is 18.1 Å². The van der Waals surface area contributed by atoms with Crippen LogP contribution in [0, 0.1) is 0 Å². The Balaban J connectivity index is 1.47. The molecular weight excluding hydrogens is 308 g/mol. The molecule has 2 aromatic rings. The third kappa shape index (κ3) is 3.05. The second-order valence-electron chi connectivity index (χ2n) is 6.22. The van der Waals surface area contributed by atoms with Gasteiger partial charge < -0.3 is 14.5 Å². The van der Waals surface area contributed by atoms with Gasteiger partial charge in [0, 0.05) is 31.6 Å². The first kappa shape index (κ1) is 15.3. The van der Waals surface area contributed by atoms with E-state index in [1.165, 1.54) is 12.4 Å². The minimum atomic E-state index is -0.208. The van der Waals surface area contributed by atoms with Crippen molar-refractivity contribution in [1.82, 2.24) is 20.2 Å². The molecule has 7 heteroatoms. The van der Waals surface area contributed by atoms with Crippen LogP contribution in [-0.4, -0.2) is 52.1 Å². The Morgan fingerprint density at radius 3 is 3.17 bits per heavy atom. The third-order valence-electron chi connectivity index (χ3n) is 4.68. The highest BCUT2D eigenvalue weighted by atomic mass is 16.5. The van der Waals surface area contributed by atoms with Gasteiger partial charge in [0.1, 0.15) is 11.5 Å². The van der Waals surface area contributed by atoms with Crippen molar-refractivity contribution in [3.8, 4) is 0 Å². The van der Waals surface area contributed by atoms with Crippen molar-refractivity contribution < 1.29 is 13.9 Å². The summed E-state index contributed by atoms with van der Waals surface area (Å²) in [6, 6.07) is 4.12. The molecule has 2 aromatic heterocycles. The molecule has 2 fully saturated rings. The van der Waals surface area contributed by atoms with E-state index < -0.39 is 0 Å². The molecule has 0 bridgehead atoms. The van der Waals surface area contributed by atoms with Gasteiger partial charge in [-0.3, -0.25) is 14.7 Å². The summed E-state index contributed by atoms with van der Waals surface area (Å²) in [7, 11) is 0. The highest BCUT2D eigenvalue weighted by Crippen LogP contribution is 2.30. The van der Waals surface area contributed by atoms with Crippen LogP contribution >= 0.6 is 0 Å². The van der Waals surface area contributed by atoms with Gasteiger partial charge in [-0.1, -0.05) is 0 Å². The maximum Gasteiger partial charge on any atom is 0.271 e. The Morgan fingerprint density at radius 1 is 1.42 bits per heavy atom. The number of likely N-dealkylation sites (tertiary alicyclic amines) is 1. The van der Waals surface area contributed by atoms with Crippen LogP contribution < -0.4 is 5.32 Å². The van der Waals surface area contributed by atoms with E-state index in [1.54, 1.807) is 12.5 Å². The van der Waals surface area contributed by atoms with Gasteiger partial charge in [-0.15, -0.1) is 0 Å². The number of ether oxygens (including phenoxy) is 1. The Morgan fingerprint density at radius 2 is 2.38 bits per heavy atom. The lowest BCUT2D eigenvalue weighted by atomic mass is 10.0. The van der Waals surface area contributed by atoms with Crippen molar-refractivity contribution in [2.75, 3.05) is 13.2 Å². The number of furan rings is 1. The average Bonchev–Trinajstić information content (AvgIpc) is 3.25. The molecule has 126 valence electrons. The van der Waals surface area contributed by atoms with E-state index in [0.29, 0.717) is 11.7 Å².